The normalized spacial score (nSPS) is 16.8. The van der Waals surface area contributed by atoms with Crippen LogP contribution in [-0.2, 0) is 0 Å². The van der Waals surface area contributed by atoms with Crippen LogP contribution in [0.5, 0.6) is 0 Å². The van der Waals surface area contributed by atoms with Gasteiger partial charge in [0.15, 0.2) is 0 Å². The van der Waals surface area contributed by atoms with E-state index in [1.807, 2.05) is 0 Å². The summed E-state index contributed by atoms with van der Waals surface area (Å²) in [4.78, 5) is 0. The van der Waals surface area contributed by atoms with Gasteiger partial charge in [-0.2, -0.15) is 0 Å². The molecule has 0 amide bonds. The van der Waals surface area contributed by atoms with Crippen LogP contribution in [0, 0.1) is 5.41 Å². The van der Waals surface area contributed by atoms with E-state index in [0.29, 0.717) is 0 Å². The van der Waals surface area contributed by atoms with Crippen molar-refractivity contribution < 1.29 is 0 Å². The lowest BCUT2D eigenvalue weighted by molar-refractivity contribution is 0.412. The van der Waals surface area contributed by atoms with Crippen molar-refractivity contribution in [2.45, 2.75) is 39.5 Å². The van der Waals surface area contributed by atoms with Crippen molar-refractivity contribution in [2.24, 2.45) is 5.41 Å². The zero-order valence-corrected chi connectivity index (χ0v) is 11.5. The van der Waals surface area contributed by atoms with E-state index in [-0.39, 0.29) is 5.41 Å². The van der Waals surface area contributed by atoms with E-state index in [4.69, 9.17) is 0 Å². The third kappa shape index (κ3) is 5.51. The second kappa shape index (κ2) is 8.48. The summed E-state index contributed by atoms with van der Waals surface area (Å²) >= 11 is 0. The van der Waals surface area contributed by atoms with E-state index >= 15 is 0 Å². The second-order valence-corrected chi connectivity index (χ2v) is 5.01. The monoisotopic (exact) mass is 236 g/mol. The third-order valence-electron chi connectivity index (χ3n) is 3.29. The quantitative estimate of drug-likeness (QED) is 0.570. The van der Waals surface area contributed by atoms with Gasteiger partial charge in [-0.3, -0.25) is 0 Å². The molecule has 0 aromatic rings. The van der Waals surface area contributed by atoms with Crippen molar-refractivity contribution >= 4 is 0 Å². The largest absolute Gasteiger partial charge is 0.316 e. The minimum Gasteiger partial charge on any atom is -0.316 e. The molecule has 0 aliphatic heterocycles. The summed E-state index contributed by atoms with van der Waals surface area (Å²) in [5.74, 6) is 0. The van der Waals surface area contributed by atoms with Gasteiger partial charge in [-0.25, -0.2) is 0 Å². The molecule has 2 heteroatoms. The molecule has 0 aromatic heterocycles. The Bertz CT molecular complexity index is 217. The lowest BCUT2D eigenvalue weighted by Gasteiger charge is -2.26. The van der Waals surface area contributed by atoms with Gasteiger partial charge in [0, 0.05) is 18.5 Å². The van der Waals surface area contributed by atoms with E-state index in [0.717, 1.165) is 26.2 Å². The third-order valence-corrected chi connectivity index (χ3v) is 3.29. The predicted octanol–water partition coefficient (Wildman–Crippen LogP) is 2.88. The molecule has 1 aliphatic rings. The molecule has 2 N–H and O–H groups in total. The van der Waals surface area contributed by atoms with E-state index in [9.17, 15) is 0 Å². The van der Waals surface area contributed by atoms with Crippen LogP contribution in [0.3, 0.4) is 0 Å². The zero-order chi connectivity index (χ0) is 12.4. The molecule has 1 aliphatic carbocycles. The molecular formula is C15H28N2. The van der Waals surface area contributed by atoms with Crippen molar-refractivity contribution in [3.8, 4) is 0 Å². The molecule has 1 rings (SSSR count). The fourth-order valence-corrected chi connectivity index (χ4v) is 2.09. The van der Waals surface area contributed by atoms with Crippen LogP contribution >= 0.6 is 0 Å². The highest BCUT2D eigenvalue weighted by atomic mass is 14.9. The van der Waals surface area contributed by atoms with Gasteiger partial charge in [0.05, 0.1) is 0 Å². The molecule has 0 saturated carbocycles. The Balaban J connectivity index is 2.25. The number of unbranched alkanes of at least 4 members (excludes halogenated alkanes) is 2. The summed E-state index contributed by atoms with van der Waals surface area (Å²) in [6.07, 6.45) is 14.1. The van der Waals surface area contributed by atoms with Crippen molar-refractivity contribution in [2.75, 3.05) is 26.2 Å². The molecule has 17 heavy (non-hydrogen) atoms. The van der Waals surface area contributed by atoms with E-state index in [1.165, 1.54) is 25.7 Å². The van der Waals surface area contributed by atoms with Crippen molar-refractivity contribution in [3.63, 3.8) is 0 Å². The first-order chi connectivity index (χ1) is 8.33. The van der Waals surface area contributed by atoms with Gasteiger partial charge in [0.2, 0.25) is 0 Å². The van der Waals surface area contributed by atoms with Crippen LogP contribution in [0.15, 0.2) is 24.3 Å². The summed E-state index contributed by atoms with van der Waals surface area (Å²) in [5, 5.41) is 7.13. The number of rotatable bonds is 10. The van der Waals surface area contributed by atoms with Crippen LogP contribution in [0.25, 0.3) is 0 Å². The van der Waals surface area contributed by atoms with E-state index < -0.39 is 0 Å². The Hall–Kier alpha value is -0.600. The zero-order valence-electron chi connectivity index (χ0n) is 11.5. The summed E-state index contributed by atoms with van der Waals surface area (Å²) in [6.45, 7) is 8.85. The first kappa shape index (κ1) is 14.5. The van der Waals surface area contributed by atoms with Crippen molar-refractivity contribution in [3.05, 3.63) is 24.3 Å². The lowest BCUT2D eigenvalue weighted by atomic mass is 9.89. The van der Waals surface area contributed by atoms with Crippen LogP contribution in [0.1, 0.15) is 39.5 Å². The molecule has 0 aromatic carbocycles. The molecule has 0 unspecified atom stereocenters. The van der Waals surface area contributed by atoms with Crippen LogP contribution in [0.2, 0.25) is 0 Å². The maximum absolute atomic E-state index is 3.57. The minimum atomic E-state index is 0.210. The number of hydrogen-bond acceptors (Lipinski definition) is 2. The Morgan fingerprint density at radius 3 is 1.71 bits per heavy atom. The second-order valence-electron chi connectivity index (χ2n) is 5.01. The van der Waals surface area contributed by atoms with E-state index in [2.05, 4.69) is 48.8 Å². The van der Waals surface area contributed by atoms with Gasteiger partial charge in [-0.15, -0.1) is 0 Å². The Morgan fingerprint density at radius 2 is 1.29 bits per heavy atom. The first-order valence-electron chi connectivity index (χ1n) is 7.11. The molecular weight excluding hydrogens is 208 g/mol. The molecule has 0 saturated heterocycles. The summed E-state index contributed by atoms with van der Waals surface area (Å²) < 4.78 is 0. The average Bonchev–Trinajstić information content (AvgIpc) is 2.80. The Kier molecular flexibility index (Phi) is 7.22. The molecule has 0 fully saturated rings. The van der Waals surface area contributed by atoms with Gasteiger partial charge >= 0.3 is 0 Å². The number of hydrogen-bond donors (Lipinski definition) is 2. The predicted molar refractivity (Wildman–Crippen MR) is 76.3 cm³/mol. The minimum absolute atomic E-state index is 0.210. The molecule has 98 valence electrons. The number of nitrogens with one attached hydrogen (secondary N) is 2. The smallest absolute Gasteiger partial charge is 0.0317 e. The fraction of sp³-hybridized carbons (Fsp3) is 0.733. The molecule has 0 bridgehead atoms. The van der Waals surface area contributed by atoms with Crippen molar-refractivity contribution in [1.82, 2.24) is 10.6 Å². The van der Waals surface area contributed by atoms with Crippen molar-refractivity contribution in [1.29, 1.82) is 0 Å². The molecule has 0 spiro atoms. The first-order valence-corrected chi connectivity index (χ1v) is 7.11. The molecule has 0 heterocycles. The van der Waals surface area contributed by atoms with Gasteiger partial charge in [-0.1, -0.05) is 51.0 Å². The lowest BCUT2D eigenvalue weighted by Crippen LogP contribution is -2.39. The molecule has 0 atom stereocenters. The standard InChI is InChI=1S/C15H28N2/c1-3-5-11-16-13-15(9-7-8-10-15)14-17-12-6-4-2/h7-10,16-17H,3-6,11-14H2,1-2H3. The maximum Gasteiger partial charge on any atom is 0.0317 e. The SMILES string of the molecule is CCCCNCC1(CNCCCC)C=CC=C1. The fourth-order valence-electron chi connectivity index (χ4n) is 2.09. The highest BCUT2D eigenvalue weighted by Gasteiger charge is 2.24. The molecule has 0 radical (unpaired) electrons. The molecule has 2 nitrogen and oxygen atoms in total. The highest BCUT2D eigenvalue weighted by Crippen LogP contribution is 2.24. The average molecular weight is 236 g/mol. The summed E-state index contributed by atoms with van der Waals surface area (Å²) in [6, 6.07) is 0. The summed E-state index contributed by atoms with van der Waals surface area (Å²) in [5.41, 5.74) is 0.210. The highest BCUT2D eigenvalue weighted by molar-refractivity contribution is 5.26. The Morgan fingerprint density at radius 1 is 0.824 bits per heavy atom. The topological polar surface area (TPSA) is 24.1 Å². The van der Waals surface area contributed by atoms with Gasteiger partial charge in [0.1, 0.15) is 0 Å². The van der Waals surface area contributed by atoms with E-state index in [1.54, 1.807) is 0 Å². The van der Waals surface area contributed by atoms with Gasteiger partial charge in [-0.05, 0) is 25.9 Å². The Labute approximate surface area is 107 Å². The van der Waals surface area contributed by atoms with Gasteiger partial charge in [0.25, 0.3) is 0 Å². The van der Waals surface area contributed by atoms with Crippen LogP contribution in [0.4, 0.5) is 0 Å². The van der Waals surface area contributed by atoms with Gasteiger partial charge < -0.3 is 10.6 Å². The van der Waals surface area contributed by atoms with Crippen LogP contribution < -0.4 is 10.6 Å². The summed E-state index contributed by atoms with van der Waals surface area (Å²) in [7, 11) is 0. The van der Waals surface area contributed by atoms with Crippen LogP contribution in [-0.4, -0.2) is 26.2 Å². The maximum atomic E-state index is 3.57. The number of allylic oxidation sites excluding steroid dienone is 2.